The van der Waals surface area contributed by atoms with Gasteiger partial charge in [0.1, 0.15) is 0 Å². The summed E-state index contributed by atoms with van der Waals surface area (Å²) in [6, 6.07) is 7.86. The highest BCUT2D eigenvalue weighted by atomic mass is 35.5. The van der Waals surface area contributed by atoms with Gasteiger partial charge in [0.25, 0.3) is 0 Å². The number of hydrogen-bond acceptors (Lipinski definition) is 3. The lowest BCUT2D eigenvalue weighted by atomic mass is 10.4. The molecule has 1 rings (SSSR count). The van der Waals surface area contributed by atoms with E-state index < -0.39 is 0 Å². The predicted molar refractivity (Wildman–Crippen MR) is 66.6 cm³/mol. The van der Waals surface area contributed by atoms with Crippen molar-refractivity contribution >= 4 is 23.4 Å². The molecule has 84 valence electrons. The van der Waals surface area contributed by atoms with E-state index in [9.17, 15) is 0 Å². The van der Waals surface area contributed by atoms with Gasteiger partial charge >= 0.3 is 0 Å². The first-order valence-corrected chi connectivity index (χ1v) is 6.30. The zero-order valence-electron chi connectivity index (χ0n) is 8.78. The summed E-state index contributed by atoms with van der Waals surface area (Å²) in [5.74, 6) is 0.863. The Balaban J connectivity index is 2.27. The molecule has 0 aliphatic carbocycles. The van der Waals surface area contributed by atoms with E-state index in [1.807, 2.05) is 31.2 Å². The molecular weight excluding hydrogens is 230 g/mol. The Morgan fingerprint density at radius 3 is 2.67 bits per heavy atom. The average Bonchev–Trinajstić information content (AvgIpc) is 2.25. The van der Waals surface area contributed by atoms with E-state index in [2.05, 4.69) is 0 Å². The summed E-state index contributed by atoms with van der Waals surface area (Å²) < 4.78 is 5.24. The first-order chi connectivity index (χ1) is 7.22. The third kappa shape index (κ3) is 5.42. The average molecular weight is 246 g/mol. The minimum absolute atomic E-state index is 0.0885. The topological polar surface area (TPSA) is 35.2 Å². The smallest absolute Gasteiger partial charge is 0.0625 e. The van der Waals surface area contributed by atoms with Crippen LogP contribution in [-0.2, 0) is 4.74 Å². The Hall–Kier alpha value is -0.220. The molecule has 0 saturated carbocycles. The van der Waals surface area contributed by atoms with Gasteiger partial charge in [-0.1, -0.05) is 11.6 Å². The Bertz CT molecular complexity index is 278. The van der Waals surface area contributed by atoms with E-state index in [0.29, 0.717) is 6.61 Å². The number of benzene rings is 1. The van der Waals surface area contributed by atoms with Gasteiger partial charge in [-0.2, -0.15) is 0 Å². The van der Waals surface area contributed by atoms with Gasteiger partial charge in [-0.15, -0.1) is 11.8 Å². The number of nitrogens with two attached hydrogens (primary N) is 1. The van der Waals surface area contributed by atoms with Gasteiger partial charge in [0.15, 0.2) is 0 Å². The second kappa shape index (κ2) is 7.12. The van der Waals surface area contributed by atoms with Crippen LogP contribution in [0.2, 0.25) is 5.02 Å². The molecule has 0 aliphatic rings. The maximum atomic E-state index is 5.87. The summed E-state index contributed by atoms with van der Waals surface area (Å²) in [5.41, 5.74) is 5.87. The van der Waals surface area contributed by atoms with Crippen LogP contribution in [0.25, 0.3) is 0 Å². The van der Waals surface area contributed by atoms with Crippen LogP contribution in [-0.4, -0.2) is 25.0 Å². The Morgan fingerprint density at radius 2 is 2.07 bits per heavy atom. The summed E-state index contributed by atoms with van der Waals surface area (Å²) in [6.07, 6.45) is 0. The van der Waals surface area contributed by atoms with Gasteiger partial charge in [0.2, 0.25) is 0 Å². The highest BCUT2D eigenvalue weighted by Crippen LogP contribution is 2.20. The fourth-order valence-corrected chi connectivity index (χ4v) is 2.01. The van der Waals surface area contributed by atoms with Gasteiger partial charge in [-0.3, -0.25) is 0 Å². The number of rotatable bonds is 6. The molecule has 1 aromatic rings. The molecule has 15 heavy (non-hydrogen) atoms. The van der Waals surface area contributed by atoms with Crippen LogP contribution in [0.4, 0.5) is 0 Å². The van der Waals surface area contributed by atoms with Crippen molar-refractivity contribution in [2.45, 2.75) is 17.9 Å². The van der Waals surface area contributed by atoms with Crippen molar-refractivity contribution in [3.63, 3.8) is 0 Å². The lowest BCUT2D eigenvalue weighted by molar-refractivity contribution is 0.138. The van der Waals surface area contributed by atoms with Crippen molar-refractivity contribution in [1.29, 1.82) is 0 Å². The van der Waals surface area contributed by atoms with Gasteiger partial charge in [0.05, 0.1) is 6.61 Å². The second-order valence-electron chi connectivity index (χ2n) is 3.18. The lowest BCUT2D eigenvalue weighted by Gasteiger charge is -2.10. The molecule has 0 spiro atoms. The fraction of sp³-hybridized carbons (Fsp3) is 0.455. The molecule has 2 N–H and O–H groups in total. The number of ether oxygens (including phenoxy) is 1. The second-order valence-corrected chi connectivity index (χ2v) is 4.71. The van der Waals surface area contributed by atoms with E-state index in [4.69, 9.17) is 22.1 Å². The molecule has 0 aromatic heterocycles. The third-order valence-electron chi connectivity index (χ3n) is 1.81. The first-order valence-electron chi connectivity index (χ1n) is 4.94. The summed E-state index contributed by atoms with van der Waals surface area (Å²) in [5, 5.41) is 0.762. The quantitative estimate of drug-likeness (QED) is 0.783. The van der Waals surface area contributed by atoms with Gasteiger partial charge in [-0.25, -0.2) is 0 Å². The Morgan fingerprint density at radius 1 is 1.40 bits per heavy atom. The van der Waals surface area contributed by atoms with Gasteiger partial charge < -0.3 is 10.5 Å². The standard InChI is InChI=1S/C11H16ClNOS/c1-2-14-7-10(13)8-15-11-5-3-9(12)4-6-11/h3-6,10H,2,7-8,13H2,1H3. The molecule has 2 nitrogen and oxygen atoms in total. The molecule has 1 unspecified atom stereocenters. The number of halogens is 1. The van der Waals surface area contributed by atoms with E-state index >= 15 is 0 Å². The fourth-order valence-electron chi connectivity index (χ4n) is 1.05. The van der Waals surface area contributed by atoms with Crippen LogP contribution in [0.15, 0.2) is 29.2 Å². The molecule has 0 aliphatic heterocycles. The van der Waals surface area contributed by atoms with Crippen LogP contribution in [0.3, 0.4) is 0 Å². The Kier molecular flexibility index (Phi) is 6.10. The maximum absolute atomic E-state index is 5.87. The first kappa shape index (κ1) is 12.8. The molecule has 4 heteroatoms. The van der Waals surface area contributed by atoms with E-state index in [1.54, 1.807) is 11.8 Å². The van der Waals surface area contributed by atoms with Gasteiger partial charge in [0, 0.05) is 28.3 Å². The summed E-state index contributed by atoms with van der Waals surface area (Å²) in [4.78, 5) is 1.19. The van der Waals surface area contributed by atoms with Crippen LogP contribution in [0.5, 0.6) is 0 Å². The van der Waals surface area contributed by atoms with Crippen molar-refractivity contribution in [3.05, 3.63) is 29.3 Å². The van der Waals surface area contributed by atoms with Crippen molar-refractivity contribution in [3.8, 4) is 0 Å². The van der Waals surface area contributed by atoms with Crippen LogP contribution in [0.1, 0.15) is 6.92 Å². The highest BCUT2D eigenvalue weighted by molar-refractivity contribution is 7.99. The molecular formula is C11H16ClNOS. The minimum Gasteiger partial charge on any atom is -0.380 e. The molecule has 0 fully saturated rings. The van der Waals surface area contributed by atoms with E-state index in [-0.39, 0.29) is 6.04 Å². The molecule has 0 bridgehead atoms. The van der Waals surface area contributed by atoms with Gasteiger partial charge in [-0.05, 0) is 31.2 Å². The highest BCUT2D eigenvalue weighted by Gasteiger charge is 2.03. The minimum atomic E-state index is 0.0885. The zero-order valence-corrected chi connectivity index (χ0v) is 10.4. The van der Waals surface area contributed by atoms with Crippen LogP contribution in [0, 0.1) is 0 Å². The summed E-state index contributed by atoms with van der Waals surface area (Å²) in [6.45, 7) is 3.31. The molecule has 0 amide bonds. The zero-order chi connectivity index (χ0) is 11.1. The SMILES string of the molecule is CCOCC(N)CSc1ccc(Cl)cc1. The van der Waals surface area contributed by atoms with Crippen molar-refractivity contribution in [2.24, 2.45) is 5.73 Å². The summed E-state index contributed by atoms with van der Waals surface area (Å²) >= 11 is 7.51. The van der Waals surface area contributed by atoms with Crippen molar-refractivity contribution in [1.82, 2.24) is 0 Å². The molecule has 0 radical (unpaired) electrons. The molecule has 0 heterocycles. The number of hydrogen-bond donors (Lipinski definition) is 1. The lowest BCUT2D eigenvalue weighted by Crippen LogP contribution is -2.28. The van der Waals surface area contributed by atoms with Crippen LogP contribution >= 0.6 is 23.4 Å². The van der Waals surface area contributed by atoms with E-state index in [1.165, 1.54) is 4.90 Å². The molecule has 0 saturated heterocycles. The predicted octanol–water partition coefficient (Wildman–Crippen LogP) is 2.80. The molecule has 1 aromatic carbocycles. The summed E-state index contributed by atoms with van der Waals surface area (Å²) in [7, 11) is 0. The van der Waals surface area contributed by atoms with Crippen LogP contribution < -0.4 is 5.73 Å². The van der Waals surface area contributed by atoms with E-state index in [0.717, 1.165) is 17.4 Å². The molecule has 1 atom stereocenters. The monoisotopic (exact) mass is 245 g/mol. The van der Waals surface area contributed by atoms with Crippen molar-refractivity contribution in [2.75, 3.05) is 19.0 Å². The maximum Gasteiger partial charge on any atom is 0.0625 e. The normalized spacial score (nSPS) is 12.7. The van der Waals surface area contributed by atoms with Crippen molar-refractivity contribution < 1.29 is 4.74 Å². The third-order valence-corrected chi connectivity index (χ3v) is 3.27. The largest absolute Gasteiger partial charge is 0.380 e. The number of thioether (sulfide) groups is 1. The Labute approximate surface area is 100 Å².